The molecule has 0 N–H and O–H groups in total. The summed E-state index contributed by atoms with van der Waals surface area (Å²) in [5.41, 5.74) is 2.29. The number of hydrogen-bond acceptors (Lipinski definition) is 6. The van der Waals surface area contributed by atoms with Crippen LogP contribution in [-0.2, 0) is 4.79 Å². The number of carbonyl (C=O) groups excluding carboxylic acids is 2. The normalized spacial score (nSPS) is 10.7. The van der Waals surface area contributed by atoms with Crippen molar-refractivity contribution in [2.24, 2.45) is 0 Å². The summed E-state index contributed by atoms with van der Waals surface area (Å²) in [6, 6.07) is 21.9. The highest BCUT2D eigenvalue weighted by molar-refractivity contribution is 7.21. The minimum Gasteiger partial charge on any atom is -0.482 e. The first-order valence-electron chi connectivity index (χ1n) is 9.56. The van der Waals surface area contributed by atoms with Crippen LogP contribution in [0.4, 0.5) is 0 Å². The Labute approximate surface area is 177 Å². The molecule has 0 radical (unpaired) electrons. The minimum absolute atomic E-state index is 0.0624. The van der Waals surface area contributed by atoms with Crippen LogP contribution in [0.2, 0.25) is 0 Å². The number of rotatable bonds is 7. The molecule has 1 heterocycles. The van der Waals surface area contributed by atoms with Gasteiger partial charge in [0.2, 0.25) is 0 Å². The first-order valence-corrected chi connectivity index (χ1v) is 10.4. The average molecular weight is 417 g/mol. The Bertz CT molecular complexity index is 1160. The van der Waals surface area contributed by atoms with Gasteiger partial charge in [-0.15, -0.1) is 11.3 Å². The van der Waals surface area contributed by atoms with Gasteiger partial charge in [-0.2, -0.15) is 0 Å². The number of esters is 1. The number of thiazole rings is 1. The lowest BCUT2D eigenvalue weighted by Gasteiger charge is -2.09. The molecule has 0 saturated heterocycles. The van der Waals surface area contributed by atoms with Crippen molar-refractivity contribution in [3.05, 3.63) is 78.4 Å². The molecular formula is C24H19NO4S. The van der Waals surface area contributed by atoms with Gasteiger partial charge in [-0.25, -0.2) is 9.78 Å². The van der Waals surface area contributed by atoms with Crippen LogP contribution >= 0.6 is 11.3 Å². The zero-order valence-corrected chi connectivity index (χ0v) is 17.1. The molecule has 3 aromatic carbocycles. The van der Waals surface area contributed by atoms with E-state index in [0.29, 0.717) is 23.5 Å². The van der Waals surface area contributed by atoms with Crippen LogP contribution in [0, 0.1) is 0 Å². The standard InChI is InChI=1S/C24H19NO4S/c1-2-20(26)16-11-13-17(14-12-16)28-15-23(27)29-21-9-5-3-7-18(21)24-25-19-8-4-6-10-22(19)30-24/h3-14H,2,15H2,1H3. The van der Waals surface area contributed by atoms with E-state index in [9.17, 15) is 9.59 Å². The third kappa shape index (κ3) is 4.39. The molecule has 0 fully saturated rings. The van der Waals surface area contributed by atoms with Crippen LogP contribution in [0.5, 0.6) is 11.5 Å². The van der Waals surface area contributed by atoms with Crippen LogP contribution in [0.15, 0.2) is 72.8 Å². The topological polar surface area (TPSA) is 65.5 Å². The number of para-hydroxylation sites is 2. The van der Waals surface area contributed by atoms with Crippen LogP contribution in [-0.4, -0.2) is 23.3 Å². The molecule has 4 aromatic rings. The van der Waals surface area contributed by atoms with Gasteiger partial charge in [0, 0.05) is 12.0 Å². The van der Waals surface area contributed by atoms with Gasteiger partial charge in [0.05, 0.1) is 15.8 Å². The van der Waals surface area contributed by atoms with E-state index in [1.54, 1.807) is 41.7 Å². The first kappa shape index (κ1) is 19.8. The third-order valence-corrected chi connectivity index (χ3v) is 5.56. The van der Waals surface area contributed by atoms with Crippen LogP contribution in [0.3, 0.4) is 0 Å². The number of fused-ring (bicyclic) bond motifs is 1. The summed E-state index contributed by atoms with van der Waals surface area (Å²) in [5.74, 6) is 0.484. The molecular weight excluding hydrogens is 398 g/mol. The summed E-state index contributed by atoms with van der Waals surface area (Å²) >= 11 is 1.55. The van der Waals surface area contributed by atoms with Gasteiger partial charge in [-0.3, -0.25) is 4.79 Å². The largest absolute Gasteiger partial charge is 0.482 e. The van der Waals surface area contributed by atoms with E-state index in [1.807, 2.05) is 49.4 Å². The molecule has 0 saturated carbocycles. The quantitative estimate of drug-likeness (QED) is 0.224. The molecule has 4 rings (SSSR count). The summed E-state index contributed by atoms with van der Waals surface area (Å²) in [7, 11) is 0. The first-order chi connectivity index (χ1) is 14.6. The number of nitrogens with zero attached hydrogens (tertiary/aromatic N) is 1. The van der Waals surface area contributed by atoms with Crippen LogP contribution in [0.25, 0.3) is 20.8 Å². The summed E-state index contributed by atoms with van der Waals surface area (Å²) in [6.45, 7) is 1.57. The molecule has 0 spiro atoms. The van der Waals surface area contributed by atoms with Gasteiger partial charge in [-0.05, 0) is 48.5 Å². The zero-order chi connectivity index (χ0) is 20.9. The van der Waals surface area contributed by atoms with Crippen molar-refractivity contribution < 1.29 is 19.1 Å². The fourth-order valence-corrected chi connectivity index (χ4v) is 3.95. The van der Waals surface area contributed by atoms with Crippen molar-refractivity contribution >= 4 is 33.3 Å². The van der Waals surface area contributed by atoms with E-state index in [0.717, 1.165) is 20.8 Å². The zero-order valence-electron chi connectivity index (χ0n) is 16.3. The Morgan fingerprint density at radius 2 is 1.67 bits per heavy atom. The van der Waals surface area contributed by atoms with E-state index in [2.05, 4.69) is 4.98 Å². The maximum atomic E-state index is 12.3. The number of benzene rings is 3. The maximum absolute atomic E-state index is 12.3. The van der Waals surface area contributed by atoms with Gasteiger partial charge in [-0.1, -0.05) is 31.2 Å². The molecule has 30 heavy (non-hydrogen) atoms. The third-order valence-electron chi connectivity index (χ3n) is 4.49. The summed E-state index contributed by atoms with van der Waals surface area (Å²) in [4.78, 5) is 28.7. The molecule has 5 nitrogen and oxygen atoms in total. The lowest BCUT2D eigenvalue weighted by atomic mass is 10.1. The Kier molecular flexibility index (Phi) is 5.86. The molecule has 0 atom stereocenters. The number of Topliss-reactive ketones (excluding diaryl/α,β-unsaturated/α-hetero) is 1. The molecule has 0 amide bonds. The van der Waals surface area contributed by atoms with Crippen molar-refractivity contribution in [1.29, 1.82) is 0 Å². The fraction of sp³-hybridized carbons (Fsp3) is 0.125. The summed E-state index contributed by atoms with van der Waals surface area (Å²) < 4.78 is 12.1. The molecule has 0 aliphatic rings. The van der Waals surface area contributed by atoms with Gasteiger partial charge in [0.15, 0.2) is 12.4 Å². The highest BCUT2D eigenvalue weighted by Crippen LogP contribution is 2.35. The second-order valence-corrected chi connectivity index (χ2v) is 7.58. The van der Waals surface area contributed by atoms with E-state index >= 15 is 0 Å². The van der Waals surface area contributed by atoms with E-state index in [4.69, 9.17) is 9.47 Å². The Hall–Kier alpha value is -3.51. The SMILES string of the molecule is CCC(=O)c1ccc(OCC(=O)Oc2ccccc2-c2nc3ccccc3s2)cc1. The van der Waals surface area contributed by atoms with Crippen molar-refractivity contribution in [2.75, 3.05) is 6.61 Å². The molecule has 0 aliphatic carbocycles. The van der Waals surface area contributed by atoms with Crippen molar-refractivity contribution in [3.8, 4) is 22.1 Å². The Balaban J connectivity index is 1.44. The van der Waals surface area contributed by atoms with E-state index in [-0.39, 0.29) is 12.4 Å². The average Bonchev–Trinajstić information content (AvgIpc) is 3.22. The van der Waals surface area contributed by atoms with E-state index < -0.39 is 5.97 Å². The van der Waals surface area contributed by atoms with Crippen molar-refractivity contribution in [1.82, 2.24) is 4.98 Å². The molecule has 1 aromatic heterocycles. The number of ketones is 1. The number of carbonyl (C=O) groups is 2. The molecule has 0 bridgehead atoms. The predicted molar refractivity (Wildman–Crippen MR) is 117 cm³/mol. The number of aromatic nitrogens is 1. The fourth-order valence-electron chi connectivity index (χ4n) is 2.96. The van der Waals surface area contributed by atoms with Gasteiger partial charge >= 0.3 is 5.97 Å². The Morgan fingerprint density at radius 3 is 2.43 bits per heavy atom. The van der Waals surface area contributed by atoms with E-state index in [1.165, 1.54) is 0 Å². The lowest BCUT2D eigenvalue weighted by molar-refractivity contribution is -0.136. The molecule has 6 heteroatoms. The predicted octanol–water partition coefficient (Wildman–Crippen LogP) is 5.54. The van der Waals surface area contributed by atoms with Crippen molar-refractivity contribution in [3.63, 3.8) is 0 Å². The highest BCUT2D eigenvalue weighted by Gasteiger charge is 2.14. The monoisotopic (exact) mass is 417 g/mol. The van der Waals surface area contributed by atoms with Crippen LogP contribution < -0.4 is 9.47 Å². The second-order valence-electron chi connectivity index (χ2n) is 6.55. The summed E-state index contributed by atoms with van der Waals surface area (Å²) in [6.07, 6.45) is 0.445. The molecule has 150 valence electrons. The highest BCUT2D eigenvalue weighted by atomic mass is 32.1. The van der Waals surface area contributed by atoms with Gasteiger partial charge in [0.1, 0.15) is 16.5 Å². The van der Waals surface area contributed by atoms with Crippen LogP contribution in [0.1, 0.15) is 23.7 Å². The van der Waals surface area contributed by atoms with Gasteiger partial charge < -0.3 is 9.47 Å². The number of hydrogen-bond donors (Lipinski definition) is 0. The molecule has 0 unspecified atom stereocenters. The van der Waals surface area contributed by atoms with Gasteiger partial charge in [0.25, 0.3) is 0 Å². The molecule has 0 aliphatic heterocycles. The van der Waals surface area contributed by atoms with Crippen molar-refractivity contribution in [2.45, 2.75) is 13.3 Å². The minimum atomic E-state index is -0.516. The number of ether oxygens (including phenoxy) is 2. The maximum Gasteiger partial charge on any atom is 0.349 e. The lowest BCUT2D eigenvalue weighted by Crippen LogP contribution is -2.18. The second kappa shape index (κ2) is 8.88. The summed E-state index contributed by atoms with van der Waals surface area (Å²) in [5, 5.41) is 0.789. The smallest absolute Gasteiger partial charge is 0.349 e. The Morgan fingerprint density at radius 1 is 0.933 bits per heavy atom.